The molecule has 1 aromatic rings. The van der Waals surface area contributed by atoms with Crippen LogP contribution in [0.15, 0.2) is 29.2 Å². The smallest absolute Gasteiger partial charge is 0.178 e. The lowest BCUT2D eigenvalue weighted by Gasteiger charge is -2.39. The zero-order valence-electron chi connectivity index (χ0n) is 10.5. The SMILES string of the molecule is CCS(=O)(=O)c1ccc(C2(C(C)=O)COC2)cc1. The molecule has 1 fully saturated rings. The molecule has 1 heterocycles. The molecule has 0 aliphatic carbocycles. The van der Waals surface area contributed by atoms with Crippen LogP contribution in [0, 0.1) is 0 Å². The van der Waals surface area contributed by atoms with Crippen molar-refractivity contribution in [3.8, 4) is 0 Å². The second-order valence-electron chi connectivity index (χ2n) is 4.56. The van der Waals surface area contributed by atoms with Gasteiger partial charge in [-0.05, 0) is 24.6 Å². The first kappa shape index (κ1) is 13.2. The van der Waals surface area contributed by atoms with Crippen LogP contribution in [0.4, 0.5) is 0 Å². The normalized spacial score (nSPS) is 18.1. The van der Waals surface area contributed by atoms with Crippen molar-refractivity contribution in [1.82, 2.24) is 0 Å². The van der Waals surface area contributed by atoms with E-state index in [4.69, 9.17) is 4.74 Å². The predicted octanol–water partition coefficient (Wildman–Crippen LogP) is 1.34. The van der Waals surface area contributed by atoms with E-state index in [1.807, 2.05) is 0 Å². The van der Waals surface area contributed by atoms with Crippen molar-refractivity contribution in [1.29, 1.82) is 0 Å². The molecule has 1 aliphatic heterocycles. The van der Waals surface area contributed by atoms with Crippen LogP contribution in [0.25, 0.3) is 0 Å². The zero-order valence-corrected chi connectivity index (χ0v) is 11.3. The highest BCUT2D eigenvalue weighted by Crippen LogP contribution is 2.33. The van der Waals surface area contributed by atoms with Gasteiger partial charge in [-0.2, -0.15) is 0 Å². The summed E-state index contributed by atoms with van der Waals surface area (Å²) >= 11 is 0. The van der Waals surface area contributed by atoms with E-state index in [0.717, 1.165) is 5.56 Å². The maximum atomic E-state index is 11.7. The van der Waals surface area contributed by atoms with E-state index in [9.17, 15) is 13.2 Å². The maximum absolute atomic E-state index is 11.7. The van der Waals surface area contributed by atoms with E-state index in [1.165, 1.54) is 0 Å². The Kier molecular flexibility index (Phi) is 3.29. The van der Waals surface area contributed by atoms with E-state index >= 15 is 0 Å². The molecule has 0 radical (unpaired) electrons. The predicted molar refractivity (Wildman–Crippen MR) is 67.3 cm³/mol. The van der Waals surface area contributed by atoms with E-state index < -0.39 is 15.3 Å². The van der Waals surface area contributed by atoms with Gasteiger partial charge in [-0.1, -0.05) is 19.1 Å². The highest BCUT2D eigenvalue weighted by molar-refractivity contribution is 7.91. The Balaban J connectivity index is 2.37. The number of carbonyl (C=O) groups excluding carboxylic acids is 1. The molecule has 98 valence electrons. The van der Waals surface area contributed by atoms with Crippen LogP contribution >= 0.6 is 0 Å². The third kappa shape index (κ3) is 1.97. The molecule has 0 bridgehead atoms. The summed E-state index contributed by atoms with van der Waals surface area (Å²) in [7, 11) is -3.19. The second-order valence-corrected chi connectivity index (χ2v) is 6.84. The van der Waals surface area contributed by atoms with Gasteiger partial charge in [0.25, 0.3) is 0 Å². The molecule has 0 saturated carbocycles. The summed E-state index contributed by atoms with van der Waals surface area (Å²) in [6, 6.07) is 6.56. The molecule has 0 spiro atoms. The number of hydrogen-bond donors (Lipinski definition) is 0. The third-order valence-corrected chi connectivity index (χ3v) is 5.27. The van der Waals surface area contributed by atoms with E-state index in [2.05, 4.69) is 0 Å². The minimum Gasteiger partial charge on any atom is -0.378 e. The van der Waals surface area contributed by atoms with Crippen LogP contribution in [0.2, 0.25) is 0 Å². The first-order valence-electron chi connectivity index (χ1n) is 5.84. The summed E-state index contributed by atoms with van der Waals surface area (Å²) in [4.78, 5) is 12.0. The first-order chi connectivity index (χ1) is 8.42. The van der Waals surface area contributed by atoms with Gasteiger partial charge in [0.15, 0.2) is 9.84 Å². The maximum Gasteiger partial charge on any atom is 0.178 e. The lowest BCUT2D eigenvalue weighted by atomic mass is 9.75. The minimum absolute atomic E-state index is 0.0554. The van der Waals surface area contributed by atoms with Crippen molar-refractivity contribution in [2.45, 2.75) is 24.2 Å². The molecule has 5 heteroatoms. The van der Waals surface area contributed by atoms with Crippen molar-refractivity contribution in [3.63, 3.8) is 0 Å². The molecular weight excluding hydrogens is 252 g/mol. The fourth-order valence-electron chi connectivity index (χ4n) is 2.03. The van der Waals surface area contributed by atoms with Crippen LogP contribution in [0.1, 0.15) is 19.4 Å². The molecule has 0 unspecified atom stereocenters. The van der Waals surface area contributed by atoms with Gasteiger partial charge in [-0.25, -0.2) is 8.42 Å². The third-order valence-electron chi connectivity index (χ3n) is 3.52. The van der Waals surface area contributed by atoms with E-state index in [-0.39, 0.29) is 11.5 Å². The second kappa shape index (κ2) is 4.48. The molecule has 0 N–H and O–H groups in total. The average molecular weight is 268 g/mol. The molecule has 0 atom stereocenters. The molecule has 4 nitrogen and oxygen atoms in total. The molecule has 0 amide bonds. The summed E-state index contributed by atoms with van der Waals surface area (Å²) in [6.45, 7) is 3.91. The summed E-state index contributed by atoms with van der Waals surface area (Å²) in [5.41, 5.74) is 0.255. The monoisotopic (exact) mass is 268 g/mol. The fraction of sp³-hybridized carbons (Fsp3) is 0.462. The molecule has 1 aromatic carbocycles. The average Bonchev–Trinajstić information content (AvgIpc) is 2.28. The molecule has 0 aromatic heterocycles. The first-order valence-corrected chi connectivity index (χ1v) is 7.50. The van der Waals surface area contributed by atoms with Crippen LogP contribution < -0.4 is 0 Å². The van der Waals surface area contributed by atoms with Gasteiger partial charge in [0.2, 0.25) is 0 Å². The van der Waals surface area contributed by atoms with Crippen molar-refractivity contribution in [3.05, 3.63) is 29.8 Å². The number of Topliss-reactive ketones (excluding diaryl/α,β-unsaturated/α-hetero) is 1. The Morgan fingerprint density at radius 3 is 2.17 bits per heavy atom. The number of ether oxygens (including phenoxy) is 1. The molecule has 2 rings (SSSR count). The minimum atomic E-state index is -3.19. The number of rotatable bonds is 4. The van der Waals surface area contributed by atoms with Crippen molar-refractivity contribution < 1.29 is 17.9 Å². The zero-order chi connectivity index (χ0) is 13.4. The quantitative estimate of drug-likeness (QED) is 0.826. The Morgan fingerprint density at radius 1 is 1.28 bits per heavy atom. The number of ketones is 1. The van der Waals surface area contributed by atoms with Crippen LogP contribution in [0.5, 0.6) is 0 Å². The molecular formula is C13H16O4S. The fourth-order valence-corrected chi connectivity index (χ4v) is 2.91. The summed E-state index contributed by atoms with van der Waals surface area (Å²) in [6.07, 6.45) is 0. The van der Waals surface area contributed by atoms with Gasteiger partial charge >= 0.3 is 0 Å². The van der Waals surface area contributed by atoms with Gasteiger partial charge < -0.3 is 4.74 Å². The van der Waals surface area contributed by atoms with Crippen molar-refractivity contribution >= 4 is 15.6 Å². The van der Waals surface area contributed by atoms with Crippen LogP contribution in [-0.4, -0.2) is 33.2 Å². The summed E-state index contributed by atoms with van der Waals surface area (Å²) < 4.78 is 28.5. The number of benzene rings is 1. The topological polar surface area (TPSA) is 60.4 Å². The van der Waals surface area contributed by atoms with E-state index in [1.54, 1.807) is 38.1 Å². The standard InChI is InChI=1S/C13H16O4S/c1-3-18(15,16)12-6-4-11(5-7-12)13(10(2)14)8-17-9-13/h4-7H,3,8-9H2,1-2H3. The van der Waals surface area contributed by atoms with Gasteiger partial charge in [-0.15, -0.1) is 0 Å². The lowest BCUT2D eigenvalue weighted by Crippen LogP contribution is -2.52. The number of hydrogen-bond acceptors (Lipinski definition) is 4. The summed E-state index contributed by atoms with van der Waals surface area (Å²) in [5.74, 6) is 0.132. The Bertz CT molecular complexity index is 553. The van der Waals surface area contributed by atoms with Gasteiger partial charge in [0.05, 0.1) is 23.9 Å². The van der Waals surface area contributed by atoms with Gasteiger partial charge in [0.1, 0.15) is 11.2 Å². The highest BCUT2D eigenvalue weighted by atomic mass is 32.2. The number of carbonyl (C=O) groups is 1. The summed E-state index contributed by atoms with van der Waals surface area (Å²) in [5, 5.41) is 0. The molecule has 1 saturated heterocycles. The van der Waals surface area contributed by atoms with Crippen LogP contribution in [0.3, 0.4) is 0 Å². The molecule has 18 heavy (non-hydrogen) atoms. The molecule has 1 aliphatic rings. The lowest BCUT2D eigenvalue weighted by molar-refractivity contribution is -0.140. The van der Waals surface area contributed by atoms with Crippen molar-refractivity contribution in [2.75, 3.05) is 19.0 Å². The highest BCUT2D eigenvalue weighted by Gasteiger charge is 2.44. The van der Waals surface area contributed by atoms with Gasteiger partial charge in [-0.3, -0.25) is 4.79 Å². The van der Waals surface area contributed by atoms with Crippen molar-refractivity contribution in [2.24, 2.45) is 0 Å². The Hall–Kier alpha value is -1.20. The largest absolute Gasteiger partial charge is 0.378 e. The van der Waals surface area contributed by atoms with Gasteiger partial charge in [0, 0.05) is 0 Å². The Morgan fingerprint density at radius 2 is 1.83 bits per heavy atom. The number of sulfone groups is 1. The van der Waals surface area contributed by atoms with Crippen LogP contribution in [-0.2, 0) is 24.8 Å². The Labute approximate surface area is 107 Å². The van der Waals surface area contributed by atoms with E-state index in [0.29, 0.717) is 18.1 Å².